The number of halogens is 3. The zero-order valence-electron chi connectivity index (χ0n) is 20.1. The standard InChI is InChI=1S/C27H32Cl3NO2S/c1-6-8-23-26(32)31(22(7-2)16-34-27(3,4)5)24(17-9-11-19(28)12-10-17)25(33-23)18-13-20(29)15-21(30)14-18/h6,9-15,22-25H,1,7-8,16H2,2-5H3/t22-,23+,24+,25+/m0/s1. The van der Waals surface area contributed by atoms with Gasteiger partial charge in [-0.05, 0) is 47.9 Å². The first-order valence-electron chi connectivity index (χ1n) is 11.5. The van der Waals surface area contributed by atoms with Crippen molar-refractivity contribution in [3.8, 4) is 0 Å². The number of rotatable bonds is 8. The summed E-state index contributed by atoms with van der Waals surface area (Å²) >= 11 is 20.8. The monoisotopic (exact) mass is 539 g/mol. The third kappa shape index (κ3) is 6.73. The van der Waals surface area contributed by atoms with Crippen LogP contribution in [0.15, 0.2) is 55.1 Å². The Kier molecular flexibility index (Phi) is 9.44. The van der Waals surface area contributed by atoms with Crippen LogP contribution in [0.25, 0.3) is 0 Å². The van der Waals surface area contributed by atoms with Crippen LogP contribution in [0.2, 0.25) is 15.1 Å². The van der Waals surface area contributed by atoms with Crippen molar-refractivity contribution in [3.05, 3.63) is 81.3 Å². The van der Waals surface area contributed by atoms with Gasteiger partial charge in [-0.3, -0.25) is 4.79 Å². The van der Waals surface area contributed by atoms with E-state index in [2.05, 4.69) is 34.3 Å². The van der Waals surface area contributed by atoms with Crippen LogP contribution in [0.3, 0.4) is 0 Å². The molecule has 0 aromatic heterocycles. The number of benzene rings is 2. The van der Waals surface area contributed by atoms with Gasteiger partial charge in [-0.1, -0.05) is 80.7 Å². The van der Waals surface area contributed by atoms with Gasteiger partial charge >= 0.3 is 0 Å². The lowest BCUT2D eigenvalue weighted by atomic mass is 9.89. The van der Waals surface area contributed by atoms with E-state index in [1.165, 1.54) is 0 Å². The van der Waals surface area contributed by atoms with Gasteiger partial charge in [-0.25, -0.2) is 0 Å². The molecule has 1 aliphatic heterocycles. The largest absolute Gasteiger partial charge is 0.358 e. The van der Waals surface area contributed by atoms with Crippen LogP contribution in [0.1, 0.15) is 63.8 Å². The summed E-state index contributed by atoms with van der Waals surface area (Å²) in [5.74, 6) is 0.797. The summed E-state index contributed by atoms with van der Waals surface area (Å²) < 4.78 is 6.57. The van der Waals surface area contributed by atoms with Crippen LogP contribution in [-0.2, 0) is 9.53 Å². The first-order valence-corrected chi connectivity index (χ1v) is 13.6. The van der Waals surface area contributed by atoms with E-state index in [0.717, 1.165) is 23.3 Å². The average Bonchev–Trinajstić information content (AvgIpc) is 2.75. The Hall–Kier alpha value is -1.17. The molecule has 1 heterocycles. The van der Waals surface area contributed by atoms with Crippen LogP contribution < -0.4 is 0 Å². The van der Waals surface area contributed by atoms with Crippen molar-refractivity contribution < 1.29 is 9.53 Å². The van der Waals surface area contributed by atoms with Gasteiger partial charge in [0.1, 0.15) is 12.2 Å². The predicted octanol–water partition coefficient (Wildman–Crippen LogP) is 8.54. The maximum absolute atomic E-state index is 13.9. The molecule has 0 saturated carbocycles. The Morgan fingerprint density at radius 1 is 1.06 bits per heavy atom. The highest BCUT2D eigenvalue weighted by Gasteiger charge is 2.46. The van der Waals surface area contributed by atoms with E-state index in [4.69, 9.17) is 39.5 Å². The lowest BCUT2D eigenvalue weighted by Crippen LogP contribution is -2.55. The summed E-state index contributed by atoms with van der Waals surface area (Å²) in [6.07, 6.45) is 1.90. The number of nitrogens with zero attached hydrogens (tertiary/aromatic N) is 1. The third-order valence-electron chi connectivity index (χ3n) is 5.81. The van der Waals surface area contributed by atoms with E-state index in [0.29, 0.717) is 21.5 Å². The van der Waals surface area contributed by atoms with Crippen LogP contribution >= 0.6 is 46.6 Å². The highest BCUT2D eigenvalue weighted by molar-refractivity contribution is 8.00. The van der Waals surface area contributed by atoms with Gasteiger partial charge in [0.15, 0.2) is 0 Å². The summed E-state index contributed by atoms with van der Waals surface area (Å²) in [5, 5.41) is 1.69. The minimum Gasteiger partial charge on any atom is -0.358 e. The molecule has 0 N–H and O–H groups in total. The van der Waals surface area contributed by atoms with Gasteiger partial charge in [0.2, 0.25) is 0 Å². The second-order valence-electron chi connectivity index (χ2n) is 9.50. The van der Waals surface area contributed by atoms with E-state index in [-0.39, 0.29) is 22.7 Å². The van der Waals surface area contributed by atoms with E-state index < -0.39 is 12.2 Å². The molecule has 0 bridgehead atoms. The number of hydrogen-bond acceptors (Lipinski definition) is 3. The minimum atomic E-state index is -0.627. The summed E-state index contributed by atoms with van der Waals surface area (Å²) in [6, 6.07) is 12.7. The summed E-state index contributed by atoms with van der Waals surface area (Å²) in [4.78, 5) is 15.9. The second-order valence-corrected chi connectivity index (χ2v) is 12.7. The highest BCUT2D eigenvalue weighted by Crippen LogP contribution is 2.46. The molecule has 184 valence electrons. The van der Waals surface area contributed by atoms with Crippen LogP contribution in [0.5, 0.6) is 0 Å². The normalized spacial score (nSPS) is 22.0. The molecule has 0 unspecified atom stereocenters. The first-order chi connectivity index (χ1) is 16.0. The number of hydrogen-bond donors (Lipinski definition) is 0. The lowest BCUT2D eigenvalue weighted by Gasteiger charge is -2.48. The Bertz CT molecular complexity index is 986. The van der Waals surface area contributed by atoms with Gasteiger partial charge in [-0.2, -0.15) is 11.8 Å². The fraction of sp³-hybridized carbons (Fsp3) is 0.444. The molecular weight excluding hydrogens is 509 g/mol. The van der Waals surface area contributed by atoms with E-state index in [9.17, 15) is 4.79 Å². The van der Waals surface area contributed by atoms with Gasteiger partial charge < -0.3 is 9.64 Å². The van der Waals surface area contributed by atoms with Crippen molar-refractivity contribution >= 4 is 52.5 Å². The van der Waals surface area contributed by atoms with Crippen molar-refractivity contribution in [2.24, 2.45) is 0 Å². The van der Waals surface area contributed by atoms with Gasteiger partial charge in [-0.15, -0.1) is 6.58 Å². The molecule has 4 atom stereocenters. The second kappa shape index (κ2) is 11.7. The third-order valence-corrected chi connectivity index (χ3v) is 7.91. The molecular formula is C27H32Cl3NO2S. The van der Waals surface area contributed by atoms with Gasteiger partial charge in [0, 0.05) is 38.0 Å². The Labute approximate surface area is 222 Å². The number of ether oxygens (including phenoxy) is 1. The average molecular weight is 541 g/mol. The molecule has 3 nitrogen and oxygen atoms in total. The number of carbonyl (C=O) groups excluding carboxylic acids is 1. The molecule has 2 aromatic rings. The maximum Gasteiger partial charge on any atom is 0.252 e. The molecule has 1 aliphatic rings. The SMILES string of the molecule is C=CC[C@H]1O[C@H](c2cc(Cl)cc(Cl)c2)[C@@H](c2ccc(Cl)cc2)N([C@@H](CC)CSC(C)(C)C)C1=O. The van der Waals surface area contributed by atoms with Crippen molar-refractivity contribution in [3.63, 3.8) is 0 Å². The Balaban J connectivity index is 2.16. The molecule has 1 saturated heterocycles. The van der Waals surface area contributed by atoms with Crippen molar-refractivity contribution in [2.45, 2.75) is 69.6 Å². The van der Waals surface area contributed by atoms with Gasteiger partial charge in [0.25, 0.3) is 5.91 Å². The molecule has 1 fully saturated rings. The Morgan fingerprint density at radius 2 is 1.68 bits per heavy atom. The smallest absolute Gasteiger partial charge is 0.252 e. The number of carbonyl (C=O) groups is 1. The number of amides is 1. The summed E-state index contributed by atoms with van der Waals surface area (Å²) in [6.45, 7) is 12.6. The molecule has 7 heteroatoms. The quantitative estimate of drug-likeness (QED) is 0.314. The first kappa shape index (κ1) is 27.4. The Morgan fingerprint density at radius 3 is 2.21 bits per heavy atom. The van der Waals surface area contributed by atoms with Gasteiger partial charge in [0.05, 0.1) is 6.04 Å². The van der Waals surface area contributed by atoms with Crippen LogP contribution in [0, 0.1) is 0 Å². The minimum absolute atomic E-state index is 0.0192. The van der Waals surface area contributed by atoms with E-state index >= 15 is 0 Å². The molecule has 34 heavy (non-hydrogen) atoms. The molecule has 0 radical (unpaired) electrons. The fourth-order valence-electron chi connectivity index (χ4n) is 4.21. The predicted molar refractivity (Wildman–Crippen MR) is 146 cm³/mol. The zero-order chi connectivity index (χ0) is 25.0. The van der Waals surface area contributed by atoms with Crippen molar-refractivity contribution in [1.29, 1.82) is 0 Å². The van der Waals surface area contributed by atoms with Crippen LogP contribution in [-0.4, -0.2) is 33.5 Å². The molecule has 2 aromatic carbocycles. The topological polar surface area (TPSA) is 29.5 Å². The molecule has 0 spiro atoms. The molecule has 0 aliphatic carbocycles. The number of morpholine rings is 1. The summed E-state index contributed by atoms with van der Waals surface area (Å²) in [7, 11) is 0. The number of thioether (sulfide) groups is 1. The maximum atomic E-state index is 13.9. The van der Waals surface area contributed by atoms with Crippen molar-refractivity contribution in [2.75, 3.05) is 5.75 Å². The lowest BCUT2D eigenvalue weighted by molar-refractivity contribution is -0.178. The summed E-state index contributed by atoms with van der Waals surface area (Å²) in [5.41, 5.74) is 1.79. The van der Waals surface area contributed by atoms with E-state index in [1.807, 2.05) is 53.1 Å². The zero-order valence-corrected chi connectivity index (χ0v) is 23.1. The molecule has 1 amide bonds. The van der Waals surface area contributed by atoms with Crippen LogP contribution in [0.4, 0.5) is 0 Å². The van der Waals surface area contributed by atoms with E-state index in [1.54, 1.807) is 12.1 Å². The fourth-order valence-corrected chi connectivity index (χ4v) is 5.97. The molecule has 3 rings (SSSR count). The van der Waals surface area contributed by atoms with Crippen molar-refractivity contribution in [1.82, 2.24) is 4.90 Å². The highest BCUT2D eigenvalue weighted by atomic mass is 35.5.